The molecule has 0 saturated carbocycles. The molecule has 2 aliphatic heterocycles. The molecule has 36 heavy (non-hydrogen) atoms. The van der Waals surface area contributed by atoms with Crippen molar-refractivity contribution in [2.75, 3.05) is 35.6 Å². The van der Waals surface area contributed by atoms with Crippen molar-refractivity contribution in [2.24, 2.45) is 0 Å². The summed E-state index contributed by atoms with van der Waals surface area (Å²) < 4.78 is 0. The van der Waals surface area contributed by atoms with Gasteiger partial charge in [-0.15, -0.1) is 11.3 Å². The van der Waals surface area contributed by atoms with E-state index < -0.39 is 0 Å². The van der Waals surface area contributed by atoms with Gasteiger partial charge in [-0.1, -0.05) is 18.2 Å². The van der Waals surface area contributed by atoms with Crippen molar-refractivity contribution in [1.29, 1.82) is 5.41 Å². The van der Waals surface area contributed by atoms with Crippen LogP contribution in [0.2, 0.25) is 0 Å². The SMILES string of the molecule is Cc1cc(C(=O)c2nc(N3CCC(N4CCc5ccccc5NC4=O)CC3)sc2C)cc(C=N)c1N. The van der Waals surface area contributed by atoms with Crippen LogP contribution in [0.15, 0.2) is 36.4 Å². The number of hydrogen-bond acceptors (Lipinski definition) is 7. The molecule has 2 amide bonds. The van der Waals surface area contributed by atoms with Crippen molar-refractivity contribution >= 4 is 45.9 Å². The van der Waals surface area contributed by atoms with Crippen LogP contribution in [0.5, 0.6) is 0 Å². The molecule has 0 atom stereocenters. The zero-order chi connectivity index (χ0) is 25.4. The van der Waals surface area contributed by atoms with Gasteiger partial charge in [0.15, 0.2) is 5.13 Å². The number of urea groups is 1. The second-order valence-electron chi connectivity index (χ2n) is 9.42. The van der Waals surface area contributed by atoms with E-state index in [4.69, 9.17) is 16.1 Å². The van der Waals surface area contributed by atoms with E-state index in [1.54, 1.807) is 12.1 Å². The minimum atomic E-state index is -0.156. The number of nitrogens with zero attached hydrogens (tertiary/aromatic N) is 3. The smallest absolute Gasteiger partial charge is 0.322 e. The summed E-state index contributed by atoms with van der Waals surface area (Å²) in [6, 6.07) is 11.6. The van der Waals surface area contributed by atoms with Crippen LogP contribution < -0.4 is 16.0 Å². The Morgan fingerprint density at radius 2 is 1.94 bits per heavy atom. The first kappa shape index (κ1) is 24.0. The van der Waals surface area contributed by atoms with E-state index in [-0.39, 0.29) is 17.9 Å². The lowest BCUT2D eigenvalue weighted by Gasteiger charge is -2.37. The highest BCUT2D eigenvalue weighted by Crippen LogP contribution is 2.32. The Labute approximate surface area is 214 Å². The largest absolute Gasteiger partial charge is 0.398 e. The van der Waals surface area contributed by atoms with Gasteiger partial charge in [0, 0.05) is 59.3 Å². The van der Waals surface area contributed by atoms with Crippen LogP contribution in [0.25, 0.3) is 0 Å². The third-order valence-electron chi connectivity index (χ3n) is 7.15. The number of amides is 2. The predicted octanol–water partition coefficient (Wildman–Crippen LogP) is 4.63. The monoisotopic (exact) mass is 502 g/mol. The van der Waals surface area contributed by atoms with Crippen molar-refractivity contribution in [3.05, 3.63) is 69.2 Å². The molecule has 0 bridgehead atoms. The van der Waals surface area contributed by atoms with Crippen molar-refractivity contribution in [2.45, 2.75) is 39.2 Å². The number of nitrogen functional groups attached to an aromatic ring is 1. The number of nitrogens with one attached hydrogen (secondary N) is 2. The fourth-order valence-electron chi connectivity index (χ4n) is 5.05. The number of fused-ring (bicyclic) bond motifs is 1. The standard InChI is InChI=1S/C27H30N6O2S/c1-16-13-19(14-20(15-28)23(16)29)25(34)24-17(2)36-27(31-24)32-10-8-21(9-11-32)33-12-7-18-5-3-4-6-22(18)30-26(33)35/h3-6,13-15,21,28H,7-12,29H2,1-2H3,(H,30,35). The average Bonchev–Trinajstić information content (AvgIpc) is 3.19. The second-order valence-corrected chi connectivity index (χ2v) is 10.6. The van der Waals surface area contributed by atoms with Crippen LogP contribution in [0.3, 0.4) is 0 Å². The van der Waals surface area contributed by atoms with Gasteiger partial charge in [-0.2, -0.15) is 0 Å². The summed E-state index contributed by atoms with van der Waals surface area (Å²) in [7, 11) is 0. The van der Waals surface area contributed by atoms with Gasteiger partial charge in [-0.3, -0.25) is 4.79 Å². The molecule has 4 N–H and O–H groups in total. The van der Waals surface area contributed by atoms with Crippen LogP contribution in [0.4, 0.5) is 21.3 Å². The molecule has 0 unspecified atom stereocenters. The Morgan fingerprint density at radius 3 is 2.69 bits per heavy atom. The molecular weight excluding hydrogens is 472 g/mol. The molecule has 0 spiro atoms. The molecule has 1 fully saturated rings. The predicted molar refractivity (Wildman–Crippen MR) is 145 cm³/mol. The van der Waals surface area contributed by atoms with E-state index in [9.17, 15) is 9.59 Å². The fraction of sp³-hybridized carbons (Fsp3) is 0.333. The molecule has 2 aliphatic rings. The van der Waals surface area contributed by atoms with E-state index in [0.717, 1.165) is 53.6 Å². The minimum absolute atomic E-state index is 0.0283. The van der Waals surface area contributed by atoms with Gasteiger partial charge in [-0.25, -0.2) is 9.78 Å². The molecular formula is C27H30N6O2S. The first-order valence-electron chi connectivity index (χ1n) is 12.2. The van der Waals surface area contributed by atoms with E-state index in [0.29, 0.717) is 29.1 Å². The molecule has 9 heteroatoms. The second kappa shape index (κ2) is 9.73. The lowest BCUT2D eigenvalue weighted by molar-refractivity contribution is 0.103. The molecule has 3 aromatic rings. The van der Waals surface area contributed by atoms with E-state index in [2.05, 4.69) is 16.3 Å². The lowest BCUT2D eigenvalue weighted by Crippen LogP contribution is -2.48. The zero-order valence-electron chi connectivity index (χ0n) is 20.5. The number of nitrogens with two attached hydrogens (primary N) is 1. The quantitative estimate of drug-likeness (QED) is 0.267. The lowest BCUT2D eigenvalue weighted by atomic mass is 10.00. The van der Waals surface area contributed by atoms with Crippen molar-refractivity contribution < 1.29 is 9.59 Å². The highest BCUT2D eigenvalue weighted by Gasteiger charge is 2.31. The van der Waals surface area contributed by atoms with Gasteiger partial charge in [0.1, 0.15) is 5.69 Å². The number of ketones is 1. The summed E-state index contributed by atoms with van der Waals surface area (Å²) in [4.78, 5) is 36.0. The highest BCUT2D eigenvalue weighted by atomic mass is 32.1. The molecule has 0 radical (unpaired) electrons. The number of aromatic nitrogens is 1. The fourth-order valence-corrected chi connectivity index (χ4v) is 6.01. The number of piperidine rings is 1. The number of benzene rings is 2. The highest BCUT2D eigenvalue weighted by molar-refractivity contribution is 7.15. The zero-order valence-corrected chi connectivity index (χ0v) is 21.3. The number of carbonyl (C=O) groups excluding carboxylic acids is 2. The van der Waals surface area contributed by atoms with E-state index >= 15 is 0 Å². The number of thiazole rings is 1. The number of aryl methyl sites for hydroxylation is 2. The number of para-hydroxylation sites is 1. The van der Waals surface area contributed by atoms with Gasteiger partial charge in [0.05, 0.1) is 0 Å². The topological polar surface area (TPSA) is 115 Å². The van der Waals surface area contributed by atoms with Crippen LogP contribution >= 0.6 is 11.3 Å². The molecule has 2 aromatic carbocycles. The number of carbonyl (C=O) groups is 2. The van der Waals surface area contributed by atoms with Crippen LogP contribution in [-0.4, -0.2) is 53.6 Å². The molecule has 1 aromatic heterocycles. The van der Waals surface area contributed by atoms with Crippen LogP contribution in [0, 0.1) is 19.3 Å². The molecule has 0 aliphatic carbocycles. The Balaban J connectivity index is 1.27. The van der Waals surface area contributed by atoms with Gasteiger partial charge >= 0.3 is 6.03 Å². The molecule has 5 rings (SSSR count). The number of anilines is 3. The van der Waals surface area contributed by atoms with Crippen molar-refractivity contribution in [1.82, 2.24) is 9.88 Å². The third kappa shape index (κ3) is 4.46. The summed E-state index contributed by atoms with van der Waals surface area (Å²) in [5, 5.41) is 11.5. The van der Waals surface area contributed by atoms with E-state index in [1.165, 1.54) is 23.1 Å². The van der Waals surface area contributed by atoms with E-state index in [1.807, 2.05) is 36.9 Å². The summed E-state index contributed by atoms with van der Waals surface area (Å²) in [6.45, 7) is 6.02. The molecule has 1 saturated heterocycles. The molecule has 8 nitrogen and oxygen atoms in total. The Bertz CT molecular complexity index is 1340. The Kier molecular flexibility index (Phi) is 6.49. The summed E-state index contributed by atoms with van der Waals surface area (Å²) in [5.74, 6) is -0.156. The summed E-state index contributed by atoms with van der Waals surface area (Å²) in [5.41, 5.74) is 10.9. The number of hydrogen-bond donors (Lipinski definition) is 3. The van der Waals surface area contributed by atoms with Crippen molar-refractivity contribution in [3.63, 3.8) is 0 Å². The minimum Gasteiger partial charge on any atom is -0.398 e. The van der Waals surface area contributed by atoms with Gasteiger partial charge in [-0.05, 0) is 62.4 Å². The summed E-state index contributed by atoms with van der Waals surface area (Å²) in [6.07, 6.45) is 3.72. The third-order valence-corrected chi connectivity index (χ3v) is 8.19. The summed E-state index contributed by atoms with van der Waals surface area (Å²) >= 11 is 1.53. The Morgan fingerprint density at radius 1 is 1.19 bits per heavy atom. The number of rotatable bonds is 5. The normalized spacial score (nSPS) is 16.3. The van der Waals surface area contributed by atoms with Crippen LogP contribution in [-0.2, 0) is 6.42 Å². The van der Waals surface area contributed by atoms with Crippen LogP contribution in [0.1, 0.15) is 50.5 Å². The van der Waals surface area contributed by atoms with Gasteiger partial charge in [0.25, 0.3) is 0 Å². The molecule has 3 heterocycles. The first-order chi connectivity index (χ1) is 17.4. The maximum absolute atomic E-state index is 13.3. The van der Waals surface area contributed by atoms with Crippen molar-refractivity contribution in [3.8, 4) is 0 Å². The Hall–Kier alpha value is -3.72. The molecule has 186 valence electrons. The van der Waals surface area contributed by atoms with Gasteiger partial charge in [0.2, 0.25) is 5.78 Å². The van der Waals surface area contributed by atoms with Gasteiger partial charge < -0.3 is 26.3 Å². The maximum Gasteiger partial charge on any atom is 0.322 e. The maximum atomic E-state index is 13.3. The average molecular weight is 503 g/mol. The first-order valence-corrected chi connectivity index (χ1v) is 13.0.